The largest absolute Gasteiger partial charge is 0.496 e. The number of nitrogens with one attached hydrogen (secondary N) is 1. The number of benzene rings is 1. The maximum absolute atomic E-state index is 13.0. The number of ether oxygens (including phenoxy) is 1. The van der Waals surface area contributed by atoms with Gasteiger partial charge < -0.3 is 30.7 Å². The first kappa shape index (κ1) is 22.8. The highest BCUT2D eigenvalue weighted by Crippen LogP contribution is 2.25. The lowest BCUT2D eigenvalue weighted by Gasteiger charge is -2.35. The number of piperazine rings is 1. The highest BCUT2D eigenvalue weighted by molar-refractivity contribution is 5.99. The number of aliphatic carboxylic acids is 1. The lowest BCUT2D eigenvalue weighted by molar-refractivity contribution is -0.138. The number of carboxylic acid groups (broad SMARTS) is 1. The molecule has 170 valence electrons. The summed E-state index contributed by atoms with van der Waals surface area (Å²) in [5, 5.41) is 12.4. The minimum absolute atomic E-state index is 0.0484. The number of aromatic nitrogens is 1. The van der Waals surface area contributed by atoms with Gasteiger partial charge >= 0.3 is 12.0 Å². The highest BCUT2D eigenvalue weighted by Gasteiger charge is 2.30. The molecule has 0 spiro atoms. The van der Waals surface area contributed by atoms with Gasteiger partial charge in [0.25, 0.3) is 5.91 Å². The normalized spacial score (nSPS) is 14.7. The molecule has 2 aromatic rings. The van der Waals surface area contributed by atoms with Crippen molar-refractivity contribution >= 4 is 34.7 Å². The predicted molar refractivity (Wildman–Crippen MR) is 114 cm³/mol. The van der Waals surface area contributed by atoms with Gasteiger partial charge in [-0.1, -0.05) is 12.1 Å². The molecule has 1 fully saturated rings. The molecule has 1 aromatic heterocycles. The summed E-state index contributed by atoms with van der Waals surface area (Å²) in [6, 6.07) is 7.00. The molecule has 4 amide bonds. The summed E-state index contributed by atoms with van der Waals surface area (Å²) >= 11 is 0. The number of hydrogen-bond acceptors (Lipinski definition) is 6. The summed E-state index contributed by atoms with van der Waals surface area (Å²) in [6.07, 6.45) is -0.382. The minimum Gasteiger partial charge on any atom is -0.496 e. The summed E-state index contributed by atoms with van der Waals surface area (Å²) in [5.74, 6) is -1.66. The molecule has 1 aliphatic heterocycles. The van der Waals surface area contributed by atoms with Crippen LogP contribution in [0.3, 0.4) is 0 Å². The monoisotopic (exact) mass is 443 g/mol. The fraction of sp³-hybridized carbons (Fsp3) is 0.381. The Morgan fingerprint density at radius 2 is 1.81 bits per heavy atom. The van der Waals surface area contributed by atoms with Crippen LogP contribution in [0.4, 0.5) is 4.79 Å². The molecule has 2 heterocycles. The number of nitrogens with two attached hydrogens (primary N) is 1. The molecule has 0 aliphatic carbocycles. The molecule has 0 radical (unpaired) electrons. The Kier molecular flexibility index (Phi) is 7.08. The van der Waals surface area contributed by atoms with E-state index in [1.807, 2.05) is 12.1 Å². The average Bonchev–Trinajstić information content (AvgIpc) is 2.80. The molecule has 1 aromatic carbocycles. The maximum Gasteiger partial charge on any atom is 0.314 e. The van der Waals surface area contributed by atoms with E-state index in [9.17, 15) is 19.2 Å². The van der Waals surface area contributed by atoms with Gasteiger partial charge in [-0.3, -0.25) is 14.4 Å². The van der Waals surface area contributed by atoms with E-state index in [0.717, 1.165) is 5.39 Å². The van der Waals surface area contributed by atoms with Crippen LogP contribution in [0.1, 0.15) is 23.3 Å². The van der Waals surface area contributed by atoms with E-state index in [0.29, 0.717) is 11.3 Å². The number of rotatable bonds is 7. The minimum atomic E-state index is -1.08. The van der Waals surface area contributed by atoms with E-state index in [2.05, 4.69) is 10.3 Å². The smallest absolute Gasteiger partial charge is 0.314 e. The van der Waals surface area contributed by atoms with Gasteiger partial charge in [0.2, 0.25) is 5.91 Å². The van der Waals surface area contributed by atoms with Gasteiger partial charge in [0.15, 0.2) is 0 Å². The molecule has 1 aliphatic rings. The van der Waals surface area contributed by atoms with Crippen molar-refractivity contribution < 1.29 is 29.0 Å². The van der Waals surface area contributed by atoms with Crippen LogP contribution in [-0.2, 0) is 9.59 Å². The first-order valence-corrected chi connectivity index (χ1v) is 10.1. The fourth-order valence-electron chi connectivity index (χ4n) is 3.55. The van der Waals surface area contributed by atoms with Crippen LogP contribution in [-0.4, -0.2) is 83.0 Å². The Labute approximate surface area is 184 Å². The molecule has 4 N–H and O–H groups in total. The number of amides is 4. The molecule has 3 rings (SSSR count). The van der Waals surface area contributed by atoms with Gasteiger partial charge in [-0.15, -0.1) is 0 Å². The second kappa shape index (κ2) is 9.94. The topological polar surface area (TPSA) is 155 Å². The maximum atomic E-state index is 13.0. The lowest BCUT2D eigenvalue weighted by atomic mass is 10.1. The number of primary amides is 1. The zero-order chi connectivity index (χ0) is 23.3. The summed E-state index contributed by atoms with van der Waals surface area (Å²) in [6.45, 7) is 1.01. The number of para-hydroxylation sites is 1. The SMILES string of the molecule is COc1cc(C(=O)NC(CCC(=O)O)C(=O)N2CCN(C(N)=O)CC2)nc2ccccc12. The van der Waals surface area contributed by atoms with E-state index in [1.165, 1.54) is 23.0 Å². The average molecular weight is 443 g/mol. The second-order valence-electron chi connectivity index (χ2n) is 7.34. The third-order valence-corrected chi connectivity index (χ3v) is 5.28. The number of hydrogen-bond donors (Lipinski definition) is 3. The third-order valence-electron chi connectivity index (χ3n) is 5.28. The Bertz CT molecular complexity index is 1030. The first-order valence-electron chi connectivity index (χ1n) is 10.1. The van der Waals surface area contributed by atoms with E-state index in [4.69, 9.17) is 15.6 Å². The summed E-state index contributed by atoms with van der Waals surface area (Å²) in [5.41, 5.74) is 5.86. The quantitative estimate of drug-likeness (QED) is 0.560. The molecular formula is C21H25N5O6. The van der Waals surface area contributed by atoms with Crippen LogP contribution < -0.4 is 15.8 Å². The number of carboxylic acids is 1. The standard InChI is InChI=1S/C21H25N5O6/c1-32-17-12-16(23-14-5-3-2-4-13(14)17)19(29)24-15(6-7-18(27)28)20(30)25-8-10-26(11-9-25)21(22)31/h2-5,12,15H,6-11H2,1H3,(H2,22,31)(H,24,29)(H,27,28). The fourth-order valence-corrected chi connectivity index (χ4v) is 3.55. The molecule has 32 heavy (non-hydrogen) atoms. The predicted octanol–water partition coefficient (Wildman–Crippen LogP) is 0.430. The summed E-state index contributed by atoms with van der Waals surface area (Å²) in [7, 11) is 1.48. The van der Waals surface area contributed by atoms with Gasteiger partial charge in [0.05, 0.1) is 12.6 Å². The number of urea groups is 1. The Hall–Kier alpha value is -3.89. The van der Waals surface area contributed by atoms with Crippen molar-refractivity contribution in [3.05, 3.63) is 36.0 Å². The van der Waals surface area contributed by atoms with Crippen molar-refractivity contribution in [2.24, 2.45) is 5.73 Å². The number of carbonyl (C=O) groups is 4. The molecule has 0 bridgehead atoms. The van der Waals surface area contributed by atoms with Crippen LogP contribution in [0.2, 0.25) is 0 Å². The van der Waals surface area contributed by atoms with E-state index >= 15 is 0 Å². The summed E-state index contributed by atoms with van der Waals surface area (Å²) in [4.78, 5) is 55.6. The van der Waals surface area contributed by atoms with Crippen molar-refractivity contribution in [2.45, 2.75) is 18.9 Å². The second-order valence-corrected chi connectivity index (χ2v) is 7.34. The molecule has 1 saturated heterocycles. The molecule has 11 heteroatoms. The van der Waals surface area contributed by atoms with Crippen LogP contribution in [0.5, 0.6) is 5.75 Å². The third kappa shape index (κ3) is 5.23. The Balaban J connectivity index is 1.78. The number of methoxy groups -OCH3 is 1. The van der Waals surface area contributed by atoms with Gasteiger partial charge in [-0.2, -0.15) is 0 Å². The van der Waals surface area contributed by atoms with Gasteiger partial charge in [0.1, 0.15) is 17.5 Å². The zero-order valence-corrected chi connectivity index (χ0v) is 17.6. The molecule has 1 atom stereocenters. The van der Waals surface area contributed by atoms with E-state index in [-0.39, 0.29) is 44.7 Å². The van der Waals surface area contributed by atoms with Crippen molar-refractivity contribution in [3.63, 3.8) is 0 Å². The van der Waals surface area contributed by atoms with Crippen LogP contribution in [0.15, 0.2) is 30.3 Å². The number of nitrogens with zero attached hydrogens (tertiary/aromatic N) is 3. The number of carbonyl (C=O) groups excluding carboxylic acids is 3. The molecule has 11 nitrogen and oxygen atoms in total. The van der Waals surface area contributed by atoms with Crippen molar-refractivity contribution in [1.82, 2.24) is 20.1 Å². The lowest BCUT2D eigenvalue weighted by Crippen LogP contribution is -2.56. The van der Waals surface area contributed by atoms with Crippen molar-refractivity contribution in [3.8, 4) is 5.75 Å². The Morgan fingerprint density at radius 3 is 2.44 bits per heavy atom. The van der Waals surface area contributed by atoms with Crippen molar-refractivity contribution in [2.75, 3.05) is 33.3 Å². The molecular weight excluding hydrogens is 418 g/mol. The Morgan fingerprint density at radius 1 is 1.16 bits per heavy atom. The number of fused-ring (bicyclic) bond motifs is 1. The first-order chi connectivity index (χ1) is 15.3. The van der Waals surface area contributed by atoms with E-state index in [1.54, 1.807) is 12.1 Å². The summed E-state index contributed by atoms with van der Waals surface area (Å²) < 4.78 is 5.36. The van der Waals surface area contributed by atoms with Crippen LogP contribution in [0, 0.1) is 0 Å². The van der Waals surface area contributed by atoms with Gasteiger partial charge in [0, 0.05) is 44.1 Å². The number of pyridine rings is 1. The van der Waals surface area contributed by atoms with Gasteiger partial charge in [-0.05, 0) is 18.6 Å². The van der Waals surface area contributed by atoms with Crippen LogP contribution in [0.25, 0.3) is 10.9 Å². The zero-order valence-electron chi connectivity index (χ0n) is 17.6. The van der Waals surface area contributed by atoms with Gasteiger partial charge in [-0.25, -0.2) is 9.78 Å². The molecule has 0 saturated carbocycles. The van der Waals surface area contributed by atoms with E-state index < -0.39 is 29.9 Å². The highest BCUT2D eigenvalue weighted by atomic mass is 16.5. The van der Waals surface area contributed by atoms with Crippen LogP contribution >= 0.6 is 0 Å². The van der Waals surface area contributed by atoms with Crippen molar-refractivity contribution in [1.29, 1.82) is 0 Å². The molecule has 1 unspecified atom stereocenters.